The van der Waals surface area contributed by atoms with E-state index in [9.17, 15) is 4.79 Å². The number of aromatic nitrogens is 2. The van der Waals surface area contributed by atoms with Gasteiger partial charge < -0.3 is 4.90 Å². The zero-order chi connectivity index (χ0) is 15.0. The monoisotopic (exact) mass is 283 g/mol. The first-order chi connectivity index (χ1) is 10.1. The van der Waals surface area contributed by atoms with Crippen molar-refractivity contribution in [2.24, 2.45) is 0 Å². The van der Waals surface area contributed by atoms with E-state index in [2.05, 4.69) is 23.8 Å². The molecule has 2 atom stereocenters. The summed E-state index contributed by atoms with van der Waals surface area (Å²) in [4.78, 5) is 23.9. The summed E-state index contributed by atoms with van der Waals surface area (Å²) in [5, 5.41) is 0.845. The van der Waals surface area contributed by atoms with Crippen molar-refractivity contribution >= 4 is 16.8 Å². The SMILES string of the molecule is Cc1nc(C(=O)N2C(C)CCCC2C)c2ccccc2n1. The minimum absolute atomic E-state index is 0.0383. The first kappa shape index (κ1) is 14.0. The summed E-state index contributed by atoms with van der Waals surface area (Å²) in [6, 6.07) is 8.28. The van der Waals surface area contributed by atoms with Gasteiger partial charge in [-0.15, -0.1) is 0 Å². The van der Waals surface area contributed by atoms with E-state index in [0.717, 1.165) is 23.7 Å². The van der Waals surface area contributed by atoms with E-state index in [1.54, 1.807) is 0 Å². The molecule has 1 aromatic heterocycles. The van der Waals surface area contributed by atoms with E-state index >= 15 is 0 Å². The van der Waals surface area contributed by atoms with Crippen molar-refractivity contribution < 1.29 is 4.79 Å². The van der Waals surface area contributed by atoms with E-state index in [0.29, 0.717) is 11.5 Å². The van der Waals surface area contributed by atoms with Crippen molar-refractivity contribution in [2.45, 2.75) is 52.1 Å². The Morgan fingerprint density at radius 3 is 2.52 bits per heavy atom. The van der Waals surface area contributed by atoms with E-state index in [1.165, 1.54) is 6.42 Å². The number of carbonyl (C=O) groups excluding carboxylic acids is 1. The largest absolute Gasteiger partial charge is 0.332 e. The Kier molecular flexibility index (Phi) is 3.62. The lowest BCUT2D eigenvalue weighted by atomic mass is 9.96. The summed E-state index contributed by atoms with van der Waals surface area (Å²) in [7, 11) is 0. The van der Waals surface area contributed by atoms with Gasteiger partial charge in [-0.25, -0.2) is 9.97 Å². The van der Waals surface area contributed by atoms with Gasteiger partial charge >= 0.3 is 0 Å². The molecule has 1 aromatic carbocycles. The molecule has 2 aromatic rings. The lowest BCUT2D eigenvalue weighted by Gasteiger charge is -2.39. The molecule has 21 heavy (non-hydrogen) atoms. The quantitative estimate of drug-likeness (QED) is 0.806. The highest BCUT2D eigenvalue weighted by Gasteiger charge is 2.31. The third-order valence-corrected chi connectivity index (χ3v) is 4.35. The maximum Gasteiger partial charge on any atom is 0.273 e. The van der Waals surface area contributed by atoms with Gasteiger partial charge in [-0.1, -0.05) is 18.2 Å². The van der Waals surface area contributed by atoms with Gasteiger partial charge in [-0.05, 0) is 46.1 Å². The Balaban J connectivity index is 2.09. The predicted octanol–water partition coefficient (Wildman–Crippen LogP) is 3.34. The maximum atomic E-state index is 13.0. The number of benzene rings is 1. The molecule has 1 aliphatic heterocycles. The Morgan fingerprint density at radius 2 is 1.81 bits per heavy atom. The van der Waals surface area contributed by atoms with Crippen LogP contribution < -0.4 is 0 Å². The normalized spacial score (nSPS) is 22.5. The number of hydrogen-bond acceptors (Lipinski definition) is 3. The van der Waals surface area contributed by atoms with Gasteiger partial charge in [0.15, 0.2) is 0 Å². The number of carbonyl (C=O) groups is 1. The van der Waals surface area contributed by atoms with Crippen molar-refractivity contribution in [3.63, 3.8) is 0 Å². The van der Waals surface area contributed by atoms with Crippen LogP contribution in [0.1, 0.15) is 49.4 Å². The van der Waals surface area contributed by atoms with E-state index < -0.39 is 0 Å². The lowest BCUT2D eigenvalue weighted by molar-refractivity contribution is 0.0506. The fraction of sp³-hybridized carbons (Fsp3) is 0.471. The molecule has 0 spiro atoms. The number of hydrogen-bond donors (Lipinski definition) is 0. The number of nitrogens with zero attached hydrogens (tertiary/aromatic N) is 3. The summed E-state index contributed by atoms with van der Waals surface area (Å²) in [6.45, 7) is 6.10. The number of piperidine rings is 1. The molecule has 4 heteroatoms. The summed E-state index contributed by atoms with van der Waals surface area (Å²) < 4.78 is 0. The zero-order valence-electron chi connectivity index (χ0n) is 12.8. The Morgan fingerprint density at radius 1 is 1.14 bits per heavy atom. The molecule has 0 saturated carbocycles. The molecule has 2 unspecified atom stereocenters. The average Bonchev–Trinajstić information content (AvgIpc) is 2.46. The molecule has 0 bridgehead atoms. The van der Waals surface area contributed by atoms with Gasteiger partial charge in [-0.2, -0.15) is 0 Å². The molecular weight excluding hydrogens is 262 g/mol. The molecule has 0 N–H and O–H groups in total. The van der Waals surface area contributed by atoms with Crippen LogP contribution >= 0.6 is 0 Å². The Hall–Kier alpha value is -1.97. The summed E-state index contributed by atoms with van der Waals surface area (Å²) in [5.41, 5.74) is 1.38. The van der Waals surface area contributed by atoms with E-state index in [-0.39, 0.29) is 18.0 Å². The van der Waals surface area contributed by atoms with Crippen LogP contribution in [0.5, 0.6) is 0 Å². The molecule has 110 valence electrons. The van der Waals surface area contributed by atoms with Gasteiger partial charge in [-0.3, -0.25) is 4.79 Å². The molecule has 1 aliphatic rings. The summed E-state index contributed by atoms with van der Waals surface area (Å²) >= 11 is 0. The van der Waals surface area contributed by atoms with Crippen molar-refractivity contribution in [3.05, 3.63) is 35.8 Å². The molecule has 2 heterocycles. The Bertz CT molecular complexity index is 673. The average molecular weight is 283 g/mol. The van der Waals surface area contributed by atoms with Crippen LogP contribution in [0.3, 0.4) is 0 Å². The van der Waals surface area contributed by atoms with Gasteiger partial charge in [0.2, 0.25) is 0 Å². The molecule has 0 aliphatic carbocycles. The first-order valence-corrected chi connectivity index (χ1v) is 7.64. The van der Waals surface area contributed by atoms with Crippen LogP contribution in [0.25, 0.3) is 10.9 Å². The number of aryl methyl sites for hydroxylation is 1. The van der Waals surface area contributed by atoms with Crippen LogP contribution in [-0.2, 0) is 0 Å². The minimum atomic E-state index is 0.0383. The second-order valence-corrected chi connectivity index (χ2v) is 5.98. The fourth-order valence-electron chi connectivity index (χ4n) is 3.30. The van der Waals surface area contributed by atoms with Crippen LogP contribution in [0, 0.1) is 6.92 Å². The van der Waals surface area contributed by atoms with Crippen molar-refractivity contribution in [1.82, 2.24) is 14.9 Å². The second kappa shape index (κ2) is 5.43. The predicted molar refractivity (Wildman–Crippen MR) is 83.2 cm³/mol. The number of rotatable bonds is 1. The minimum Gasteiger partial charge on any atom is -0.332 e. The second-order valence-electron chi connectivity index (χ2n) is 5.98. The number of fused-ring (bicyclic) bond motifs is 1. The van der Waals surface area contributed by atoms with E-state index in [4.69, 9.17) is 0 Å². The molecule has 0 radical (unpaired) electrons. The van der Waals surface area contributed by atoms with E-state index in [1.807, 2.05) is 36.1 Å². The number of likely N-dealkylation sites (tertiary alicyclic amines) is 1. The zero-order valence-corrected chi connectivity index (χ0v) is 12.8. The first-order valence-electron chi connectivity index (χ1n) is 7.64. The summed E-state index contributed by atoms with van der Waals surface area (Å²) in [5.74, 6) is 0.686. The number of amides is 1. The van der Waals surface area contributed by atoms with Gasteiger partial charge in [0.1, 0.15) is 11.5 Å². The molecule has 4 nitrogen and oxygen atoms in total. The van der Waals surface area contributed by atoms with Gasteiger partial charge in [0.25, 0.3) is 5.91 Å². The highest BCUT2D eigenvalue weighted by atomic mass is 16.2. The van der Waals surface area contributed by atoms with Crippen LogP contribution in [0.15, 0.2) is 24.3 Å². The third kappa shape index (κ3) is 2.50. The molecule has 1 fully saturated rings. The van der Waals surface area contributed by atoms with Crippen LogP contribution in [0.2, 0.25) is 0 Å². The van der Waals surface area contributed by atoms with Crippen LogP contribution in [0.4, 0.5) is 0 Å². The molecule has 1 amide bonds. The lowest BCUT2D eigenvalue weighted by Crippen LogP contribution is -2.47. The third-order valence-electron chi connectivity index (χ3n) is 4.35. The molecule has 1 saturated heterocycles. The highest BCUT2D eigenvalue weighted by Crippen LogP contribution is 2.26. The number of para-hydroxylation sites is 1. The molecular formula is C17H21N3O. The van der Waals surface area contributed by atoms with Gasteiger partial charge in [0.05, 0.1) is 5.52 Å². The van der Waals surface area contributed by atoms with Crippen molar-refractivity contribution in [3.8, 4) is 0 Å². The molecule has 3 rings (SSSR count). The maximum absolute atomic E-state index is 13.0. The van der Waals surface area contributed by atoms with Gasteiger partial charge in [0, 0.05) is 17.5 Å². The van der Waals surface area contributed by atoms with Crippen molar-refractivity contribution in [2.75, 3.05) is 0 Å². The fourth-order valence-corrected chi connectivity index (χ4v) is 3.30. The highest BCUT2D eigenvalue weighted by molar-refractivity contribution is 6.04. The Labute approximate surface area is 125 Å². The topological polar surface area (TPSA) is 46.1 Å². The standard InChI is InChI=1S/C17H21N3O/c1-11-7-6-8-12(2)20(11)17(21)16-14-9-4-5-10-15(14)18-13(3)19-16/h4-5,9-12H,6-8H2,1-3H3. The summed E-state index contributed by atoms with van der Waals surface area (Å²) in [6.07, 6.45) is 3.33. The van der Waals surface area contributed by atoms with Crippen LogP contribution in [-0.4, -0.2) is 32.9 Å². The smallest absolute Gasteiger partial charge is 0.273 e. The van der Waals surface area contributed by atoms with Crippen molar-refractivity contribution in [1.29, 1.82) is 0 Å².